The number of methoxy groups -OCH3 is 4. The van der Waals surface area contributed by atoms with E-state index in [2.05, 4.69) is 5.38 Å². The largest absolute Gasteiger partial charge is 0.497 e. The first-order chi connectivity index (χ1) is 17.1. The monoisotopic (exact) mass is 495 g/mol. The molecule has 1 heterocycles. The zero-order valence-electron chi connectivity index (χ0n) is 21.0. The molecule has 0 bridgehead atoms. The molecule has 4 rings (SSSR count). The molecule has 0 aliphatic heterocycles. The lowest BCUT2D eigenvalue weighted by molar-refractivity contribution is 0.355. The van der Waals surface area contributed by atoms with Crippen LogP contribution in [0.4, 0.5) is 0 Å². The molecule has 0 unspecified atom stereocenters. The molecule has 35 heavy (non-hydrogen) atoms. The van der Waals surface area contributed by atoms with Gasteiger partial charge >= 0.3 is 0 Å². The van der Waals surface area contributed by atoms with E-state index in [0.717, 1.165) is 51.7 Å². The second-order valence-corrected chi connectivity index (χ2v) is 9.29. The summed E-state index contributed by atoms with van der Waals surface area (Å²) in [7, 11) is 6.60. The molecule has 7 nitrogen and oxygen atoms in total. The van der Waals surface area contributed by atoms with Crippen molar-refractivity contribution >= 4 is 17.0 Å². The van der Waals surface area contributed by atoms with Gasteiger partial charge in [0.1, 0.15) is 11.5 Å². The number of hydrogen-bond acceptors (Lipinski definition) is 7. The summed E-state index contributed by atoms with van der Waals surface area (Å²) in [5.41, 5.74) is 3.57. The summed E-state index contributed by atoms with van der Waals surface area (Å²) in [6.07, 6.45) is 5.98. The standard InChI is InChI=1S/C27H33N3O4S/c1-18(19-11-13-25(33-4)26(15-19)34-5)29-30-23(22-16-21(31-2)12-14-24(22)32-3)17-35-27(30)28-20-9-7-6-8-10-20/h11-17,20H,6-10H2,1-5H3. The summed E-state index contributed by atoms with van der Waals surface area (Å²) in [4.78, 5) is 6.00. The molecule has 1 fully saturated rings. The van der Waals surface area contributed by atoms with Crippen LogP contribution in [0.15, 0.2) is 51.9 Å². The van der Waals surface area contributed by atoms with Crippen molar-refractivity contribution in [1.82, 2.24) is 4.68 Å². The highest BCUT2D eigenvalue weighted by Crippen LogP contribution is 2.34. The Morgan fingerprint density at radius 1 is 0.857 bits per heavy atom. The molecule has 0 radical (unpaired) electrons. The van der Waals surface area contributed by atoms with E-state index in [4.69, 9.17) is 29.0 Å². The van der Waals surface area contributed by atoms with E-state index in [0.29, 0.717) is 17.5 Å². The summed E-state index contributed by atoms with van der Waals surface area (Å²) >= 11 is 1.60. The second-order valence-electron chi connectivity index (χ2n) is 8.46. The molecule has 8 heteroatoms. The van der Waals surface area contributed by atoms with Gasteiger partial charge in [0.05, 0.1) is 45.9 Å². The third kappa shape index (κ3) is 5.53. The van der Waals surface area contributed by atoms with Crippen LogP contribution < -0.4 is 23.7 Å². The van der Waals surface area contributed by atoms with Crippen LogP contribution in [-0.4, -0.2) is 44.9 Å². The molecular weight excluding hydrogens is 462 g/mol. The smallest absolute Gasteiger partial charge is 0.206 e. The van der Waals surface area contributed by atoms with E-state index in [1.165, 1.54) is 19.3 Å². The Morgan fingerprint density at radius 2 is 1.57 bits per heavy atom. The van der Waals surface area contributed by atoms with Gasteiger partial charge in [-0.25, -0.2) is 4.68 Å². The predicted octanol–water partition coefficient (Wildman–Crippen LogP) is 5.76. The maximum absolute atomic E-state index is 5.69. The normalized spacial score (nSPS) is 15.2. The summed E-state index contributed by atoms with van der Waals surface area (Å²) in [5, 5.41) is 7.14. The van der Waals surface area contributed by atoms with Crippen LogP contribution in [0, 0.1) is 0 Å². The first-order valence-corrected chi connectivity index (χ1v) is 12.7. The number of benzene rings is 2. The molecule has 1 saturated carbocycles. The minimum atomic E-state index is 0.324. The van der Waals surface area contributed by atoms with Crippen molar-refractivity contribution in [3.63, 3.8) is 0 Å². The van der Waals surface area contributed by atoms with E-state index in [9.17, 15) is 0 Å². The zero-order chi connectivity index (χ0) is 24.8. The molecule has 0 spiro atoms. The van der Waals surface area contributed by atoms with Gasteiger partial charge in [-0.3, -0.25) is 4.99 Å². The van der Waals surface area contributed by atoms with Gasteiger partial charge in [0.15, 0.2) is 11.5 Å². The Balaban J connectivity index is 1.87. The molecule has 3 aromatic rings. The molecule has 2 aromatic carbocycles. The number of hydrogen-bond donors (Lipinski definition) is 0. The highest BCUT2D eigenvalue weighted by atomic mass is 32.1. The lowest BCUT2D eigenvalue weighted by Crippen LogP contribution is -2.20. The van der Waals surface area contributed by atoms with Crippen molar-refractivity contribution < 1.29 is 18.9 Å². The number of aromatic nitrogens is 1. The average Bonchev–Trinajstić information content (AvgIpc) is 3.29. The van der Waals surface area contributed by atoms with E-state index >= 15 is 0 Å². The van der Waals surface area contributed by atoms with Crippen molar-refractivity contribution in [3.8, 4) is 34.3 Å². The van der Waals surface area contributed by atoms with Crippen LogP contribution in [0.5, 0.6) is 23.0 Å². The van der Waals surface area contributed by atoms with E-state index in [1.807, 2.05) is 48.0 Å². The minimum Gasteiger partial charge on any atom is -0.497 e. The van der Waals surface area contributed by atoms with Gasteiger partial charge in [-0.05, 0) is 56.2 Å². The van der Waals surface area contributed by atoms with Gasteiger partial charge in [0.25, 0.3) is 0 Å². The Bertz CT molecular complexity index is 1260. The second kappa shape index (κ2) is 11.4. The van der Waals surface area contributed by atoms with Gasteiger partial charge < -0.3 is 18.9 Å². The zero-order valence-corrected chi connectivity index (χ0v) is 21.9. The highest BCUT2D eigenvalue weighted by molar-refractivity contribution is 7.07. The van der Waals surface area contributed by atoms with E-state index < -0.39 is 0 Å². The van der Waals surface area contributed by atoms with Gasteiger partial charge in [-0.15, -0.1) is 11.3 Å². The van der Waals surface area contributed by atoms with Crippen LogP contribution in [0.2, 0.25) is 0 Å². The maximum atomic E-state index is 5.69. The Labute approximate surface area is 210 Å². The van der Waals surface area contributed by atoms with E-state index in [-0.39, 0.29) is 0 Å². The molecule has 0 amide bonds. The van der Waals surface area contributed by atoms with Crippen molar-refractivity contribution in [2.24, 2.45) is 10.1 Å². The highest BCUT2D eigenvalue weighted by Gasteiger charge is 2.17. The molecule has 186 valence electrons. The van der Waals surface area contributed by atoms with Gasteiger partial charge in [-0.1, -0.05) is 19.3 Å². The third-order valence-corrected chi connectivity index (χ3v) is 7.12. The molecule has 0 N–H and O–H groups in total. The van der Waals surface area contributed by atoms with Gasteiger partial charge in [0.2, 0.25) is 4.80 Å². The fourth-order valence-electron chi connectivity index (χ4n) is 4.32. The molecular formula is C27H33N3O4S. The van der Waals surface area contributed by atoms with Crippen LogP contribution in [-0.2, 0) is 0 Å². The SMILES string of the molecule is COc1ccc(OC)c(-c2csc(=NC3CCCCC3)n2N=C(C)c2ccc(OC)c(OC)c2)c1. The fraction of sp³-hybridized carbons (Fsp3) is 0.407. The van der Waals surface area contributed by atoms with E-state index in [1.54, 1.807) is 39.8 Å². The Hall–Kier alpha value is -3.26. The van der Waals surface area contributed by atoms with Crippen molar-refractivity contribution in [1.29, 1.82) is 0 Å². The van der Waals surface area contributed by atoms with Crippen LogP contribution in [0.3, 0.4) is 0 Å². The Kier molecular flexibility index (Phi) is 8.13. The Morgan fingerprint density at radius 3 is 2.26 bits per heavy atom. The number of ether oxygens (including phenoxy) is 4. The number of rotatable bonds is 8. The molecule has 1 aliphatic rings. The lowest BCUT2D eigenvalue weighted by Gasteiger charge is -2.17. The molecule has 0 saturated heterocycles. The van der Waals surface area contributed by atoms with Crippen LogP contribution in [0.1, 0.15) is 44.6 Å². The third-order valence-electron chi connectivity index (χ3n) is 6.29. The molecule has 1 aromatic heterocycles. The molecule has 1 aliphatic carbocycles. The molecule has 0 atom stereocenters. The average molecular weight is 496 g/mol. The van der Waals surface area contributed by atoms with Crippen LogP contribution in [0.25, 0.3) is 11.3 Å². The van der Waals surface area contributed by atoms with Gasteiger partial charge in [0, 0.05) is 16.5 Å². The van der Waals surface area contributed by atoms with Crippen molar-refractivity contribution in [2.45, 2.75) is 45.1 Å². The number of thiazole rings is 1. The minimum absolute atomic E-state index is 0.324. The summed E-state index contributed by atoms with van der Waals surface area (Å²) in [5.74, 6) is 2.85. The van der Waals surface area contributed by atoms with Gasteiger partial charge in [-0.2, -0.15) is 5.10 Å². The predicted molar refractivity (Wildman–Crippen MR) is 140 cm³/mol. The summed E-state index contributed by atoms with van der Waals surface area (Å²) in [6.45, 7) is 1.99. The van der Waals surface area contributed by atoms with Crippen LogP contribution >= 0.6 is 11.3 Å². The maximum Gasteiger partial charge on any atom is 0.206 e. The lowest BCUT2D eigenvalue weighted by atomic mass is 9.96. The van der Waals surface area contributed by atoms with Crippen molar-refractivity contribution in [2.75, 3.05) is 28.4 Å². The topological polar surface area (TPSA) is 66.6 Å². The quantitative estimate of drug-likeness (QED) is 0.373. The number of nitrogens with zero attached hydrogens (tertiary/aromatic N) is 3. The van der Waals surface area contributed by atoms with Crippen molar-refractivity contribution in [3.05, 3.63) is 52.1 Å². The first-order valence-electron chi connectivity index (χ1n) is 11.8. The fourth-order valence-corrected chi connectivity index (χ4v) is 5.21. The summed E-state index contributed by atoms with van der Waals surface area (Å²) < 4.78 is 24.0. The first kappa shape index (κ1) is 24.9. The summed E-state index contributed by atoms with van der Waals surface area (Å²) in [6, 6.07) is 11.9.